The lowest BCUT2D eigenvalue weighted by Crippen LogP contribution is -2.31. The summed E-state index contributed by atoms with van der Waals surface area (Å²) >= 11 is 11.8. The number of rotatable bonds is 7. The van der Waals surface area contributed by atoms with E-state index in [-0.39, 0.29) is 24.5 Å². The SMILES string of the molecule is O=C(COc1ccc(Cl)cc1Cl)Nc1ccc(C(=O)NCC2CCCO2)cc1. The number of carbonyl (C=O) groups is 2. The highest BCUT2D eigenvalue weighted by atomic mass is 35.5. The first-order chi connectivity index (χ1) is 13.5. The Bertz CT molecular complexity index is 837. The van der Waals surface area contributed by atoms with Crippen LogP contribution < -0.4 is 15.4 Å². The third-order valence-corrected chi connectivity index (χ3v) is 4.73. The van der Waals surface area contributed by atoms with Gasteiger partial charge >= 0.3 is 0 Å². The van der Waals surface area contributed by atoms with Gasteiger partial charge in [-0.15, -0.1) is 0 Å². The Hall–Kier alpha value is -2.28. The van der Waals surface area contributed by atoms with Gasteiger partial charge in [-0.2, -0.15) is 0 Å². The second kappa shape index (κ2) is 9.78. The molecule has 0 bridgehead atoms. The molecule has 0 spiro atoms. The molecule has 2 aromatic carbocycles. The fourth-order valence-corrected chi connectivity index (χ4v) is 3.21. The Balaban J connectivity index is 1.46. The fraction of sp³-hybridized carbons (Fsp3) is 0.300. The highest BCUT2D eigenvalue weighted by molar-refractivity contribution is 6.35. The molecule has 1 saturated heterocycles. The third kappa shape index (κ3) is 5.86. The number of nitrogens with one attached hydrogen (secondary N) is 2. The van der Waals surface area contributed by atoms with Crippen molar-refractivity contribution >= 4 is 40.7 Å². The zero-order chi connectivity index (χ0) is 19.9. The van der Waals surface area contributed by atoms with Crippen LogP contribution in [0.25, 0.3) is 0 Å². The monoisotopic (exact) mass is 422 g/mol. The molecule has 1 heterocycles. The van der Waals surface area contributed by atoms with Gasteiger partial charge in [0.05, 0.1) is 11.1 Å². The number of halogens is 2. The predicted octanol–water partition coefficient (Wildman–Crippen LogP) is 3.92. The van der Waals surface area contributed by atoms with Crippen molar-refractivity contribution in [3.05, 3.63) is 58.1 Å². The van der Waals surface area contributed by atoms with Crippen molar-refractivity contribution in [2.45, 2.75) is 18.9 Å². The summed E-state index contributed by atoms with van der Waals surface area (Å²) in [6.45, 7) is 1.05. The number of hydrogen-bond donors (Lipinski definition) is 2. The molecule has 28 heavy (non-hydrogen) atoms. The van der Waals surface area contributed by atoms with Crippen molar-refractivity contribution in [2.24, 2.45) is 0 Å². The van der Waals surface area contributed by atoms with Gasteiger partial charge in [0.25, 0.3) is 11.8 Å². The average Bonchev–Trinajstić information content (AvgIpc) is 3.19. The topological polar surface area (TPSA) is 76.7 Å². The van der Waals surface area contributed by atoms with Crippen LogP contribution >= 0.6 is 23.2 Å². The summed E-state index contributed by atoms with van der Waals surface area (Å²) in [5.74, 6) is -0.143. The van der Waals surface area contributed by atoms with Gasteiger partial charge in [0, 0.05) is 29.4 Å². The lowest BCUT2D eigenvalue weighted by atomic mass is 10.2. The minimum atomic E-state index is -0.346. The summed E-state index contributed by atoms with van der Waals surface area (Å²) in [5.41, 5.74) is 1.08. The number of amides is 2. The number of ether oxygens (including phenoxy) is 2. The molecule has 2 N–H and O–H groups in total. The van der Waals surface area contributed by atoms with Gasteiger partial charge < -0.3 is 20.1 Å². The highest BCUT2D eigenvalue weighted by Crippen LogP contribution is 2.27. The van der Waals surface area contributed by atoms with Crippen molar-refractivity contribution in [1.29, 1.82) is 0 Å². The van der Waals surface area contributed by atoms with E-state index in [9.17, 15) is 9.59 Å². The zero-order valence-corrected chi connectivity index (χ0v) is 16.6. The molecular formula is C20H20Cl2N2O4. The third-order valence-electron chi connectivity index (χ3n) is 4.20. The van der Waals surface area contributed by atoms with E-state index in [2.05, 4.69) is 10.6 Å². The molecule has 2 aromatic rings. The summed E-state index contributed by atoms with van der Waals surface area (Å²) in [6, 6.07) is 11.4. The summed E-state index contributed by atoms with van der Waals surface area (Å²) in [4.78, 5) is 24.2. The smallest absolute Gasteiger partial charge is 0.262 e. The van der Waals surface area contributed by atoms with Crippen LogP contribution in [-0.4, -0.2) is 37.7 Å². The first-order valence-electron chi connectivity index (χ1n) is 8.89. The van der Waals surface area contributed by atoms with Gasteiger partial charge in [-0.1, -0.05) is 23.2 Å². The van der Waals surface area contributed by atoms with Gasteiger partial charge in [0.15, 0.2) is 6.61 Å². The van der Waals surface area contributed by atoms with E-state index in [1.807, 2.05) is 0 Å². The van der Waals surface area contributed by atoms with Crippen LogP contribution in [0.2, 0.25) is 10.0 Å². The number of benzene rings is 2. The van der Waals surface area contributed by atoms with Gasteiger partial charge in [-0.25, -0.2) is 0 Å². The minimum Gasteiger partial charge on any atom is -0.482 e. The minimum absolute atomic E-state index is 0.0941. The van der Waals surface area contributed by atoms with E-state index in [4.69, 9.17) is 32.7 Å². The van der Waals surface area contributed by atoms with Crippen LogP contribution in [0.15, 0.2) is 42.5 Å². The summed E-state index contributed by atoms with van der Waals surface area (Å²) in [5, 5.41) is 6.38. The molecule has 0 saturated carbocycles. The van der Waals surface area contributed by atoms with Gasteiger partial charge in [-0.05, 0) is 55.3 Å². The molecule has 148 valence electrons. The van der Waals surface area contributed by atoms with Crippen LogP contribution in [0.3, 0.4) is 0 Å². The zero-order valence-electron chi connectivity index (χ0n) is 15.0. The quantitative estimate of drug-likeness (QED) is 0.708. The van der Waals surface area contributed by atoms with Gasteiger partial charge in [0.2, 0.25) is 0 Å². The van der Waals surface area contributed by atoms with Crippen molar-refractivity contribution in [1.82, 2.24) is 5.32 Å². The van der Waals surface area contributed by atoms with E-state index in [0.29, 0.717) is 33.6 Å². The van der Waals surface area contributed by atoms with Crippen molar-refractivity contribution in [3.63, 3.8) is 0 Å². The largest absolute Gasteiger partial charge is 0.482 e. The van der Waals surface area contributed by atoms with Crippen LogP contribution in [-0.2, 0) is 9.53 Å². The maximum absolute atomic E-state index is 12.2. The van der Waals surface area contributed by atoms with E-state index in [0.717, 1.165) is 19.4 Å². The van der Waals surface area contributed by atoms with Crippen LogP contribution in [0, 0.1) is 0 Å². The van der Waals surface area contributed by atoms with Gasteiger partial charge in [0.1, 0.15) is 5.75 Å². The Morgan fingerprint density at radius 1 is 1.14 bits per heavy atom. The fourth-order valence-electron chi connectivity index (χ4n) is 2.75. The molecule has 1 atom stereocenters. The molecule has 6 nitrogen and oxygen atoms in total. The molecular weight excluding hydrogens is 403 g/mol. The Morgan fingerprint density at radius 3 is 2.61 bits per heavy atom. The van der Waals surface area contributed by atoms with Crippen LogP contribution in [0.4, 0.5) is 5.69 Å². The number of carbonyl (C=O) groups excluding carboxylic acids is 2. The van der Waals surface area contributed by atoms with Crippen LogP contribution in [0.5, 0.6) is 5.75 Å². The summed E-state index contributed by atoms with van der Waals surface area (Å²) < 4.78 is 10.9. The summed E-state index contributed by atoms with van der Waals surface area (Å²) in [7, 11) is 0. The predicted molar refractivity (Wildman–Crippen MR) is 108 cm³/mol. The maximum Gasteiger partial charge on any atom is 0.262 e. The van der Waals surface area contributed by atoms with E-state index >= 15 is 0 Å². The molecule has 1 aliphatic heterocycles. The maximum atomic E-state index is 12.2. The standard InChI is InChI=1S/C20H20Cl2N2O4/c21-14-5-8-18(17(22)10-14)28-12-19(25)24-15-6-3-13(4-7-15)20(26)23-11-16-2-1-9-27-16/h3-8,10,16H,1-2,9,11-12H2,(H,23,26)(H,24,25). The molecule has 0 radical (unpaired) electrons. The first-order valence-corrected chi connectivity index (χ1v) is 9.64. The Morgan fingerprint density at radius 2 is 1.93 bits per heavy atom. The highest BCUT2D eigenvalue weighted by Gasteiger charge is 2.16. The van der Waals surface area contributed by atoms with E-state index in [1.165, 1.54) is 0 Å². The Labute approximate surface area is 173 Å². The van der Waals surface area contributed by atoms with Crippen molar-refractivity contribution in [3.8, 4) is 5.75 Å². The molecule has 0 aliphatic carbocycles. The number of hydrogen-bond acceptors (Lipinski definition) is 4. The lowest BCUT2D eigenvalue weighted by molar-refractivity contribution is -0.118. The van der Waals surface area contributed by atoms with E-state index < -0.39 is 0 Å². The molecule has 0 aromatic heterocycles. The molecule has 2 amide bonds. The molecule has 1 aliphatic rings. The molecule has 1 fully saturated rings. The molecule has 8 heteroatoms. The molecule has 3 rings (SSSR count). The van der Waals surface area contributed by atoms with Crippen molar-refractivity contribution in [2.75, 3.05) is 25.1 Å². The number of anilines is 1. The lowest BCUT2D eigenvalue weighted by Gasteiger charge is -2.11. The van der Waals surface area contributed by atoms with E-state index in [1.54, 1.807) is 42.5 Å². The second-order valence-electron chi connectivity index (χ2n) is 6.33. The average molecular weight is 423 g/mol. The molecule has 1 unspecified atom stereocenters. The van der Waals surface area contributed by atoms with Crippen molar-refractivity contribution < 1.29 is 19.1 Å². The second-order valence-corrected chi connectivity index (χ2v) is 7.18. The van der Waals surface area contributed by atoms with Gasteiger partial charge in [-0.3, -0.25) is 9.59 Å². The Kier molecular flexibility index (Phi) is 7.14. The summed E-state index contributed by atoms with van der Waals surface area (Å²) in [6.07, 6.45) is 2.09. The van der Waals surface area contributed by atoms with Crippen LogP contribution in [0.1, 0.15) is 23.2 Å². The normalized spacial score (nSPS) is 15.9. The first kappa shape index (κ1) is 20.5.